The van der Waals surface area contributed by atoms with Crippen molar-refractivity contribution in [3.8, 4) is 17.0 Å². The Bertz CT molecular complexity index is 1330. The van der Waals surface area contributed by atoms with Gasteiger partial charge in [0.2, 0.25) is 0 Å². The average molecular weight is 544 g/mol. The molecule has 1 amide bonds. The molecule has 0 unspecified atom stereocenters. The van der Waals surface area contributed by atoms with Gasteiger partial charge in [0.1, 0.15) is 28.8 Å². The zero-order chi connectivity index (χ0) is 27.3. The van der Waals surface area contributed by atoms with Crippen molar-refractivity contribution in [2.45, 2.75) is 57.5 Å². The fourth-order valence-electron chi connectivity index (χ4n) is 3.69. The minimum absolute atomic E-state index is 0.0372. The molecule has 3 aromatic rings. The van der Waals surface area contributed by atoms with Crippen molar-refractivity contribution >= 4 is 23.2 Å². The van der Waals surface area contributed by atoms with E-state index in [1.165, 1.54) is 32.2 Å². The average Bonchev–Trinajstić information content (AvgIpc) is 3.53. The third kappa shape index (κ3) is 5.72. The molecule has 1 fully saturated rings. The standard InChI is InChI=1S/C25H23ClF5N3O3/c1-12(25(29,30)31)37-20-10-14(19-11-34(13-7-8-13)23(32-19)24(2,3)36)18(28)9-15(20)22(35)33-21-16(26)5-4-6-17(21)27/h4-6,9-13,36H,7-8H2,1-3H3,(H,33,35)/t12-/m0/s1. The molecule has 2 N–H and O–H groups in total. The maximum atomic E-state index is 15.3. The summed E-state index contributed by atoms with van der Waals surface area (Å²) in [7, 11) is 0. The van der Waals surface area contributed by atoms with Crippen molar-refractivity contribution in [3.05, 3.63) is 64.6 Å². The van der Waals surface area contributed by atoms with Crippen LogP contribution in [-0.2, 0) is 5.60 Å². The number of amides is 1. The monoisotopic (exact) mass is 543 g/mol. The maximum Gasteiger partial charge on any atom is 0.425 e. The molecule has 0 spiro atoms. The van der Waals surface area contributed by atoms with E-state index in [1.54, 1.807) is 4.57 Å². The molecule has 0 saturated heterocycles. The quantitative estimate of drug-likeness (QED) is 0.328. The molecule has 12 heteroatoms. The number of hydrogen-bond acceptors (Lipinski definition) is 4. The van der Waals surface area contributed by atoms with E-state index in [4.69, 9.17) is 16.3 Å². The molecule has 1 aliphatic rings. The highest BCUT2D eigenvalue weighted by Gasteiger charge is 2.39. The zero-order valence-corrected chi connectivity index (χ0v) is 20.7. The van der Waals surface area contributed by atoms with Gasteiger partial charge in [-0.25, -0.2) is 13.8 Å². The number of carbonyl (C=O) groups excluding carboxylic acids is 1. The van der Waals surface area contributed by atoms with Crippen LogP contribution in [0.25, 0.3) is 11.3 Å². The number of aliphatic hydroxyl groups is 1. The second-order valence-corrected chi connectivity index (χ2v) is 9.74. The van der Waals surface area contributed by atoms with E-state index < -0.39 is 52.4 Å². The van der Waals surface area contributed by atoms with Crippen LogP contribution in [0.1, 0.15) is 55.8 Å². The molecule has 37 heavy (non-hydrogen) atoms. The zero-order valence-electron chi connectivity index (χ0n) is 20.0. The summed E-state index contributed by atoms with van der Waals surface area (Å²) in [6, 6.07) is 5.29. The largest absolute Gasteiger partial charge is 0.480 e. The number of nitrogens with one attached hydrogen (secondary N) is 1. The molecule has 2 aromatic carbocycles. The predicted molar refractivity (Wildman–Crippen MR) is 127 cm³/mol. The van der Waals surface area contributed by atoms with Gasteiger partial charge in [0, 0.05) is 17.8 Å². The third-order valence-electron chi connectivity index (χ3n) is 5.78. The highest BCUT2D eigenvalue weighted by atomic mass is 35.5. The lowest BCUT2D eigenvalue weighted by molar-refractivity contribution is -0.189. The number of anilines is 1. The minimum Gasteiger partial charge on any atom is -0.480 e. The third-order valence-corrected chi connectivity index (χ3v) is 6.09. The van der Waals surface area contributed by atoms with E-state index in [2.05, 4.69) is 10.3 Å². The van der Waals surface area contributed by atoms with Crippen molar-refractivity contribution in [1.82, 2.24) is 9.55 Å². The molecule has 198 valence electrons. The Kier molecular flexibility index (Phi) is 6.98. The van der Waals surface area contributed by atoms with E-state index in [9.17, 15) is 27.5 Å². The molecule has 1 aromatic heterocycles. The fraction of sp³-hybridized carbons (Fsp3) is 0.360. The topological polar surface area (TPSA) is 76.4 Å². The second kappa shape index (κ2) is 9.60. The van der Waals surface area contributed by atoms with Crippen molar-refractivity contribution in [2.75, 3.05) is 5.32 Å². The van der Waals surface area contributed by atoms with Crippen LogP contribution in [0, 0.1) is 11.6 Å². The highest BCUT2D eigenvalue weighted by Crippen LogP contribution is 2.41. The van der Waals surface area contributed by atoms with Crippen LogP contribution in [0.15, 0.2) is 36.5 Å². The second-order valence-electron chi connectivity index (χ2n) is 9.33. The Morgan fingerprint density at radius 2 is 1.89 bits per heavy atom. The number of nitrogens with zero attached hydrogens (tertiary/aromatic N) is 2. The van der Waals surface area contributed by atoms with E-state index in [-0.39, 0.29) is 28.1 Å². The Labute approximate surface area is 214 Å². The lowest BCUT2D eigenvalue weighted by atomic mass is 10.1. The van der Waals surface area contributed by atoms with Crippen molar-refractivity contribution in [1.29, 1.82) is 0 Å². The Morgan fingerprint density at radius 3 is 2.46 bits per heavy atom. The van der Waals surface area contributed by atoms with Crippen LogP contribution in [0.4, 0.5) is 27.6 Å². The van der Waals surface area contributed by atoms with Crippen LogP contribution in [-0.4, -0.2) is 32.8 Å². The first-order valence-corrected chi connectivity index (χ1v) is 11.7. The van der Waals surface area contributed by atoms with Gasteiger partial charge in [-0.2, -0.15) is 13.2 Å². The maximum absolute atomic E-state index is 15.3. The number of alkyl halides is 3. The van der Waals surface area contributed by atoms with Gasteiger partial charge in [-0.3, -0.25) is 4.79 Å². The normalized spacial score (nSPS) is 15.0. The molecule has 1 aliphatic carbocycles. The molecule has 6 nitrogen and oxygen atoms in total. The summed E-state index contributed by atoms with van der Waals surface area (Å²) in [6.07, 6.45) is -3.99. The van der Waals surface area contributed by atoms with E-state index in [1.807, 2.05) is 0 Å². The number of hydrogen-bond donors (Lipinski definition) is 2. The number of halogens is 6. The number of ether oxygens (including phenoxy) is 1. The number of carbonyl (C=O) groups is 1. The molecule has 0 aliphatic heterocycles. The van der Waals surface area contributed by atoms with E-state index in [0.717, 1.165) is 31.9 Å². The van der Waals surface area contributed by atoms with Crippen LogP contribution in [0.3, 0.4) is 0 Å². The van der Waals surface area contributed by atoms with Crippen LogP contribution >= 0.6 is 11.6 Å². The molecule has 4 rings (SSSR count). The highest BCUT2D eigenvalue weighted by molar-refractivity contribution is 6.34. The fourth-order valence-corrected chi connectivity index (χ4v) is 3.90. The van der Waals surface area contributed by atoms with Crippen LogP contribution in [0.2, 0.25) is 5.02 Å². The summed E-state index contributed by atoms with van der Waals surface area (Å²) in [6.45, 7) is 3.75. The summed E-state index contributed by atoms with van der Waals surface area (Å²) < 4.78 is 76.1. The van der Waals surface area contributed by atoms with Gasteiger partial charge in [0.15, 0.2) is 6.10 Å². The Balaban J connectivity index is 1.80. The molecular weight excluding hydrogens is 521 g/mol. The predicted octanol–water partition coefficient (Wildman–Crippen LogP) is 6.63. The number of aromatic nitrogens is 2. The van der Waals surface area contributed by atoms with Gasteiger partial charge in [-0.05, 0) is 57.9 Å². The number of benzene rings is 2. The van der Waals surface area contributed by atoms with Gasteiger partial charge in [-0.15, -0.1) is 0 Å². The molecule has 0 bridgehead atoms. The summed E-state index contributed by atoms with van der Waals surface area (Å²) in [4.78, 5) is 17.3. The Morgan fingerprint density at radius 1 is 1.22 bits per heavy atom. The van der Waals surface area contributed by atoms with Crippen molar-refractivity contribution in [3.63, 3.8) is 0 Å². The lowest BCUT2D eigenvalue weighted by Gasteiger charge is -2.20. The van der Waals surface area contributed by atoms with E-state index >= 15 is 4.39 Å². The summed E-state index contributed by atoms with van der Waals surface area (Å²) in [5, 5.41) is 12.5. The van der Waals surface area contributed by atoms with Gasteiger partial charge in [0.25, 0.3) is 5.91 Å². The van der Waals surface area contributed by atoms with Gasteiger partial charge >= 0.3 is 6.18 Å². The summed E-state index contributed by atoms with van der Waals surface area (Å²) in [5.41, 5.74) is -2.61. The molecule has 0 radical (unpaired) electrons. The van der Waals surface area contributed by atoms with Crippen LogP contribution < -0.4 is 10.1 Å². The molecule has 1 heterocycles. The van der Waals surface area contributed by atoms with Gasteiger partial charge in [0.05, 0.1) is 22.0 Å². The van der Waals surface area contributed by atoms with Gasteiger partial charge in [-0.1, -0.05) is 17.7 Å². The smallest absolute Gasteiger partial charge is 0.425 e. The number of imidazole rings is 1. The summed E-state index contributed by atoms with van der Waals surface area (Å²) in [5.74, 6) is -3.36. The molecular formula is C25H23ClF5N3O3. The van der Waals surface area contributed by atoms with Gasteiger partial charge < -0.3 is 19.7 Å². The number of para-hydroxylation sites is 1. The van der Waals surface area contributed by atoms with E-state index in [0.29, 0.717) is 6.07 Å². The first-order chi connectivity index (χ1) is 17.2. The van der Waals surface area contributed by atoms with Crippen molar-refractivity contribution in [2.24, 2.45) is 0 Å². The SMILES string of the molecule is C[C@H](Oc1cc(-c2cn(C3CC3)c(C(C)(C)O)n2)c(F)cc1C(=O)Nc1c(F)cccc1Cl)C(F)(F)F. The summed E-state index contributed by atoms with van der Waals surface area (Å²) >= 11 is 5.93. The molecule has 1 atom stereocenters. The molecule has 1 saturated carbocycles. The van der Waals surface area contributed by atoms with Crippen LogP contribution in [0.5, 0.6) is 5.75 Å². The minimum atomic E-state index is -4.79. The lowest BCUT2D eigenvalue weighted by Crippen LogP contribution is -2.32. The van der Waals surface area contributed by atoms with Crippen molar-refractivity contribution < 1.29 is 36.6 Å². The first-order valence-electron chi connectivity index (χ1n) is 11.3. The Hall–Kier alpha value is -3.18. The first kappa shape index (κ1) is 26.9. The number of rotatable bonds is 7.